The average Bonchev–Trinajstić information content (AvgIpc) is 2.67. The van der Waals surface area contributed by atoms with E-state index >= 15 is 0 Å². The highest BCUT2D eigenvalue weighted by molar-refractivity contribution is 5.83. The SMILES string of the molecule is Cc1ccc2c(c1)c(C1CCN(C)CC1)nn2C. The molecule has 0 spiro atoms. The van der Waals surface area contributed by atoms with E-state index in [1.807, 2.05) is 4.68 Å². The number of fused-ring (bicyclic) bond motifs is 1. The van der Waals surface area contributed by atoms with Gasteiger partial charge in [-0.15, -0.1) is 0 Å². The molecule has 0 amide bonds. The molecule has 0 atom stereocenters. The second-order valence-corrected chi connectivity index (χ2v) is 5.61. The third-order valence-electron chi connectivity index (χ3n) is 4.14. The Hall–Kier alpha value is -1.35. The van der Waals surface area contributed by atoms with Crippen LogP contribution in [0.4, 0.5) is 0 Å². The Morgan fingerprint density at radius 1 is 1.17 bits per heavy atom. The van der Waals surface area contributed by atoms with Crippen molar-refractivity contribution in [2.24, 2.45) is 7.05 Å². The van der Waals surface area contributed by atoms with Crippen LogP contribution < -0.4 is 0 Å². The third kappa shape index (κ3) is 1.93. The fourth-order valence-electron chi connectivity index (χ4n) is 2.99. The predicted molar refractivity (Wildman–Crippen MR) is 74.9 cm³/mol. The van der Waals surface area contributed by atoms with Crippen LogP contribution in [0.15, 0.2) is 18.2 Å². The molecule has 1 aromatic carbocycles. The van der Waals surface area contributed by atoms with E-state index in [4.69, 9.17) is 5.10 Å². The Labute approximate surface area is 108 Å². The lowest BCUT2D eigenvalue weighted by Crippen LogP contribution is -2.29. The standard InChI is InChI=1S/C15H21N3/c1-11-4-5-14-13(10-11)15(16-18(14)3)12-6-8-17(2)9-7-12/h4-5,10,12H,6-9H2,1-3H3. The van der Waals surface area contributed by atoms with Crippen molar-refractivity contribution in [3.63, 3.8) is 0 Å². The van der Waals surface area contributed by atoms with Crippen LogP contribution in [0.1, 0.15) is 30.0 Å². The predicted octanol–water partition coefficient (Wildman–Crippen LogP) is 2.69. The van der Waals surface area contributed by atoms with Gasteiger partial charge in [0.25, 0.3) is 0 Å². The van der Waals surface area contributed by atoms with Crippen LogP contribution in [0, 0.1) is 6.92 Å². The van der Waals surface area contributed by atoms with Crippen LogP contribution in [0.3, 0.4) is 0 Å². The van der Waals surface area contributed by atoms with E-state index in [1.54, 1.807) is 0 Å². The Bertz CT molecular complexity index is 562. The molecule has 3 heteroatoms. The van der Waals surface area contributed by atoms with Gasteiger partial charge in [0.05, 0.1) is 11.2 Å². The molecular formula is C15H21N3. The van der Waals surface area contributed by atoms with Crippen LogP contribution in [-0.4, -0.2) is 34.8 Å². The molecule has 2 aromatic rings. The first kappa shape index (κ1) is 11.7. The summed E-state index contributed by atoms with van der Waals surface area (Å²) in [5.74, 6) is 0.631. The zero-order valence-electron chi connectivity index (χ0n) is 11.5. The Kier molecular flexibility index (Phi) is 2.86. The van der Waals surface area contributed by atoms with Crippen molar-refractivity contribution in [3.05, 3.63) is 29.5 Å². The quantitative estimate of drug-likeness (QED) is 0.768. The van der Waals surface area contributed by atoms with Crippen LogP contribution in [0.25, 0.3) is 10.9 Å². The van der Waals surface area contributed by atoms with Gasteiger partial charge in [-0.25, -0.2) is 0 Å². The second kappa shape index (κ2) is 4.39. The number of nitrogens with zero attached hydrogens (tertiary/aromatic N) is 3. The normalized spacial score (nSPS) is 18.6. The van der Waals surface area contributed by atoms with E-state index in [0.717, 1.165) is 0 Å². The van der Waals surface area contributed by atoms with Gasteiger partial charge in [0.15, 0.2) is 0 Å². The summed E-state index contributed by atoms with van der Waals surface area (Å²) < 4.78 is 2.03. The van der Waals surface area contributed by atoms with Crippen molar-refractivity contribution in [2.75, 3.05) is 20.1 Å². The van der Waals surface area contributed by atoms with Gasteiger partial charge in [0.1, 0.15) is 0 Å². The van der Waals surface area contributed by atoms with E-state index in [2.05, 4.69) is 44.1 Å². The van der Waals surface area contributed by atoms with Crippen molar-refractivity contribution in [1.82, 2.24) is 14.7 Å². The van der Waals surface area contributed by atoms with Gasteiger partial charge in [-0.05, 0) is 52.0 Å². The molecule has 0 N–H and O–H groups in total. The molecule has 1 saturated heterocycles. The van der Waals surface area contributed by atoms with Gasteiger partial charge in [-0.2, -0.15) is 5.10 Å². The highest BCUT2D eigenvalue weighted by Gasteiger charge is 2.23. The fraction of sp³-hybridized carbons (Fsp3) is 0.533. The fourth-order valence-corrected chi connectivity index (χ4v) is 2.99. The molecule has 1 aromatic heterocycles. The minimum absolute atomic E-state index is 0.631. The molecule has 1 aliphatic heterocycles. The summed E-state index contributed by atoms with van der Waals surface area (Å²) >= 11 is 0. The first-order valence-electron chi connectivity index (χ1n) is 6.77. The largest absolute Gasteiger partial charge is 0.306 e. The zero-order valence-corrected chi connectivity index (χ0v) is 11.5. The van der Waals surface area contributed by atoms with E-state index < -0.39 is 0 Å². The van der Waals surface area contributed by atoms with Crippen molar-refractivity contribution in [2.45, 2.75) is 25.7 Å². The molecule has 2 heterocycles. The number of hydrogen-bond acceptors (Lipinski definition) is 2. The Morgan fingerprint density at radius 3 is 2.61 bits per heavy atom. The number of aromatic nitrogens is 2. The second-order valence-electron chi connectivity index (χ2n) is 5.61. The molecule has 0 bridgehead atoms. The minimum Gasteiger partial charge on any atom is -0.306 e. The monoisotopic (exact) mass is 243 g/mol. The van der Waals surface area contributed by atoms with Crippen molar-refractivity contribution >= 4 is 10.9 Å². The number of aryl methyl sites for hydroxylation is 2. The summed E-state index contributed by atoms with van der Waals surface area (Å²) in [5, 5.41) is 6.13. The summed E-state index contributed by atoms with van der Waals surface area (Å²) in [6.07, 6.45) is 2.47. The lowest BCUT2D eigenvalue weighted by molar-refractivity contribution is 0.253. The molecule has 0 saturated carbocycles. The van der Waals surface area contributed by atoms with Gasteiger partial charge < -0.3 is 4.90 Å². The summed E-state index contributed by atoms with van der Waals surface area (Å²) in [6, 6.07) is 6.65. The number of hydrogen-bond donors (Lipinski definition) is 0. The van der Waals surface area contributed by atoms with Crippen molar-refractivity contribution in [1.29, 1.82) is 0 Å². The lowest BCUT2D eigenvalue weighted by atomic mass is 9.91. The molecule has 1 aliphatic rings. The molecule has 3 nitrogen and oxygen atoms in total. The zero-order chi connectivity index (χ0) is 12.7. The molecule has 18 heavy (non-hydrogen) atoms. The summed E-state index contributed by atoms with van der Waals surface area (Å²) in [5.41, 5.74) is 3.89. The maximum absolute atomic E-state index is 4.78. The highest BCUT2D eigenvalue weighted by atomic mass is 15.3. The van der Waals surface area contributed by atoms with Gasteiger partial charge in [0.2, 0.25) is 0 Å². The maximum atomic E-state index is 4.78. The lowest BCUT2D eigenvalue weighted by Gasteiger charge is -2.28. The molecule has 0 aliphatic carbocycles. The third-order valence-corrected chi connectivity index (χ3v) is 4.14. The van der Waals surface area contributed by atoms with Crippen LogP contribution >= 0.6 is 0 Å². The van der Waals surface area contributed by atoms with E-state index in [1.165, 1.54) is 48.1 Å². The molecule has 1 fully saturated rings. The smallest absolute Gasteiger partial charge is 0.0735 e. The van der Waals surface area contributed by atoms with Crippen LogP contribution in [0.5, 0.6) is 0 Å². The topological polar surface area (TPSA) is 21.1 Å². The van der Waals surface area contributed by atoms with E-state index in [0.29, 0.717) is 5.92 Å². The average molecular weight is 243 g/mol. The van der Waals surface area contributed by atoms with E-state index in [9.17, 15) is 0 Å². The van der Waals surface area contributed by atoms with Gasteiger partial charge in [-0.1, -0.05) is 11.6 Å². The van der Waals surface area contributed by atoms with Crippen molar-refractivity contribution < 1.29 is 0 Å². The van der Waals surface area contributed by atoms with Crippen molar-refractivity contribution in [3.8, 4) is 0 Å². The number of benzene rings is 1. The molecule has 0 radical (unpaired) electrons. The Morgan fingerprint density at radius 2 is 1.89 bits per heavy atom. The number of piperidine rings is 1. The minimum atomic E-state index is 0.631. The summed E-state index contributed by atoms with van der Waals surface area (Å²) in [7, 11) is 4.26. The summed E-state index contributed by atoms with van der Waals surface area (Å²) in [6.45, 7) is 4.54. The maximum Gasteiger partial charge on any atom is 0.0735 e. The summed E-state index contributed by atoms with van der Waals surface area (Å²) in [4.78, 5) is 2.41. The van der Waals surface area contributed by atoms with Crippen LogP contribution in [0.2, 0.25) is 0 Å². The molecule has 0 unspecified atom stereocenters. The number of rotatable bonds is 1. The van der Waals surface area contributed by atoms with Gasteiger partial charge in [-0.3, -0.25) is 4.68 Å². The Balaban J connectivity index is 2.03. The van der Waals surface area contributed by atoms with Gasteiger partial charge in [0, 0.05) is 18.4 Å². The van der Waals surface area contributed by atoms with Gasteiger partial charge >= 0.3 is 0 Å². The first-order valence-corrected chi connectivity index (χ1v) is 6.77. The molecule has 96 valence electrons. The first-order chi connectivity index (χ1) is 8.65. The van der Waals surface area contributed by atoms with Crippen LogP contribution in [-0.2, 0) is 7.05 Å². The van der Waals surface area contributed by atoms with E-state index in [-0.39, 0.29) is 0 Å². The number of likely N-dealkylation sites (tertiary alicyclic amines) is 1. The highest BCUT2D eigenvalue weighted by Crippen LogP contribution is 2.32. The molecule has 3 rings (SSSR count). The molecular weight excluding hydrogens is 222 g/mol.